The number of anilines is 2. The van der Waals surface area contributed by atoms with Gasteiger partial charge in [-0.05, 0) is 6.92 Å². The molecule has 0 aliphatic carbocycles. The minimum Gasteiger partial charge on any atom is -0.397 e. The molecule has 0 fully saturated rings. The number of nitrogen functional groups attached to an aromatic ring is 2. The maximum absolute atomic E-state index is 5.64. The van der Waals surface area contributed by atoms with E-state index >= 15 is 0 Å². The summed E-state index contributed by atoms with van der Waals surface area (Å²) < 4.78 is 0. The van der Waals surface area contributed by atoms with Gasteiger partial charge < -0.3 is 11.5 Å². The molecule has 0 radical (unpaired) electrons. The Bertz CT molecular complexity index is 232. The van der Waals surface area contributed by atoms with Gasteiger partial charge in [0.2, 0.25) is 0 Å². The summed E-state index contributed by atoms with van der Waals surface area (Å²) in [6.07, 6.45) is 1.45. The van der Waals surface area contributed by atoms with Gasteiger partial charge in [0.05, 0.1) is 17.6 Å². The Hall–Kier alpha value is -0.960. The molecule has 0 spiro atoms. The lowest BCUT2D eigenvalue weighted by atomic mass is 10.2. The molecule has 1 heterocycles. The average molecular weight is 158 g/mol. The second-order valence-corrected chi connectivity index (χ2v) is 2.40. The van der Waals surface area contributed by atoms with E-state index in [4.69, 9.17) is 23.1 Å². The Labute approximate surface area is 64.0 Å². The molecule has 0 aliphatic heterocycles. The molecule has 0 saturated carbocycles. The van der Waals surface area contributed by atoms with E-state index in [-0.39, 0.29) is 0 Å². The van der Waals surface area contributed by atoms with Gasteiger partial charge >= 0.3 is 0 Å². The summed E-state index contributed by atoms with van der Waals surface area (Å²) >= 11 is 5.64. The fourth-order valence-electron chi connectivity index (χ4n) is 0.620. The Morgan fingerprint density at radius 1 is 1.50 bits per heavy atom. The number of halogens is 1. The van der Waals surface area contributed by atoms with E-state index in [1.165, 1.54) is 6.20 Å². The van der Waals surface area contributed by atoms with Crippen molar-refractivity contribution in [2.24, 2.45) is 0 Å². The van der Waals surface area contributed by atoms with E-state index < -0.39 is 0 Å². The van der Waals surface area contributed by atoms with Crippen LogP contribution < -0.4 is 11.5 Å². The van der Waals surface area contributed by atoms with Gasteiger partial charge in [-0.15, -0.1) is 0 Å². The van der Waals surface area contributed by atoms with E-state index in [2.05, 4.69) is 4.98 Å². The van der Waals surface area contributed by atoms with Gasteiger partial charge in [-0.1, -0.05) is 11.6 Å². The van der Waals surface area contributed by atoms with Crippen LogP contribution in [0, 0.1) is 6.92 Å². The van der Waals surface area contributed by atoms with Gasteiger partial charge in [-0.25, -0.2) is 4.98 Å². The molecule has 10 heavy (non-hydrogen) atoms. The van der Waals surface area contributed by atoms with Gasteiger partial charge in [0, 0.05) is 5.56 Å². The minimum atomic E-state index is 0.409. The number of pyridine rings is 1. The highest BCUT2D eigenvalue weighted by Gasteiger charge is 2.02. The lowest BCUT2D eigenvalue weighted by molar-refractivity contribution is 1.28. The highest BCUT2D eigenvalue weighted by Crippen LogP contribution is 2.23. The van der Waals surface area contributed by atoms with E-state index in [0.29, 0.717) is 16.5 Å². The van der Waals surface area contributed by atoms with Crippen LogP contribution in [0.2, 0.25) is 5.15 Å². The van der Waals surface area contributed by atoms with Crippen LogP contribution in [0.25, 0.3) is 0 Å². The van der Waals surface area contributed by atoms with Crippen molar-refractivity contribution >= 4 is 23.0 Å². The van der Waals surface area contributed by atoms with Crippen LogP contribution in [0.5, 0.6) is 0 Å². The zero-order valence-corrected chi connectivity index (χ0v) is 6.31. The standard InChI is InChI=1S/C6H8ClN3/c1-3-5(9)4(8)2-10-6(3)7/h2H,8H2,1H3,(H2,9,10). The smallest absolute Gasteiger partial charge is 0.134 e. The largest absolute Gasteiger partial charge is 0.397 e. The van der Waals surface area contributed by atoms with E-state index in [0.717, 1.165) is 5.56 Å². The fraction of sp³-hybridized carbons (Fsp3) is 0.167. The molecule has 1 rings (SSSR count). The van der Waals surface area contributed by atoms with Crippen LogP contribution in [-0.2, 0) is 0 Å². The normalized spacial score (nSPS) is 9.80. The van der Waals surface area contributed by atoms with Crippen molar-refractivity contribution in [3.8, 4) is 0 Å². The predicted molar refractivity (Wildman–Crippen MR) is 42.8 cm³/mol. The van der Waals surface area contributed by atoms with Gasteiger partial charge in [-0.2, -0.15) is 0 Å². The highest BCUT2D eigenvalue weighted by atomic mass is 35.5. The van der Waals surface area contributed by atoms with Crippen LogP contribution in [0.4, 0.5) is 11.4 Å². The first-order valence-corrected chi connectivity index (χ1v) is 3.16. The molecular formula is C6H8ClN3. The van der Waals surface area contributed by atoms with Gasteiger partial charge in [0.1, 0.15) is 5.15 Å². The van der Waals surface area contributed by atoms with Crippen molar-refractivity contribution < 1.29 is 0 Å². The van der Waals surface area contributed by atoms with Crippen LogP contribution >= 0.6 is 11.6 Å². The van der Waals surface area contributed by atoms with Gasteiger partial charge in [0.15, 0.2) is 0 Å². The Balaban J connectivity index is 3.34. The number of aromatic nitrogens is 1. The van der Waals surface area contributed by atoms with E-state index in [1.807, 2.05) is 0 Å². The first-order chi connectivity index (χ1) is 4.63. The fourth-order valence-corrected chi connectivity index (χ4v) is 0.771. The zero-order valence-electron chi connectivity index (χ0n) is 5.56. The van der Waals surface area contributed by atoms with Crippen molar-refractivity contribution in [3.63, 3.8) is 0 Å². The third kappa shape index (κ3) is 0.998. The molecule has 54 valence electrons. The first-order valence-electron chi connectivity index (χ1n) is 2.79. The van der Waals surface area contributed by atoms with E-state index in [9.17, 15) is 0 Å². The third-order valence-corrected chi connectivity index (χ3v) is 1.72. The zero-order chi connectivity index (χ0) is 7.72. The molecule has 0 saturated heterocycles. The van der Waals surface area contributed by atoms with Crippen LogP contribution in [0.1, 0.15) is 5.56 Å². The monoisotopic (exact) mass is 157 g/mol. The van der Waals surface area contributed by atoms with Crippen molar-refractivity contribution in [3.05, 3.63) is 16.9 Å². The lowest BCUT2D eigenvalue weighted by Crippen LogP contribution is -1.98. The molecule has 4 heteroatoms. The number of nitrogens with zero attached hydrogens (tertiary/aromatic N) is 1. The highest BCUT2D eigenvalue weighted by molar-refractivity contribution is 6.30. The molecule has 3 nitrogen and oxygen atoms in total. The van der Waals surface area contributed by atoms with Crippen molar-refractivity contribution in [1.29, 1.82) is 0 Å². The van der Waals surface area contributed by atoms with Crippen LogP contribution in [0.3, 0.4) is 0 Å². The number of hydrogen-bond acceptors (Lipinski definition) is 3. The second kappa shape index (κ2) is 2.34. The Morgan fingerprint density at radius 3 is 2.60 bits per heavy atom. The quantitative estimate of drug-likeness (QED) is 0.557. The SMILES string of the molecule is Cc1c(Cl)ncc(N)c1N. The molecule has 0 aliphatic rings. The van der Waals surface area contributed by atoms with E-state index in [1.54, 1.807) is 6.92 Å². The van der Waals surface area contributed by atoms with Crippen LogP contribution in [0.15, 0.2) is 6.20 Å². The summed E-state index contributed by atoms with van der Waals surface area (Å²) in [6.45, 7) is 1.78. The summed E-state index contributed by atoms with van der Waals surface area (Å²) in [7, 11) is 0. The maximum atomic E-state index is 5.64. The topological polar surface area (TPSA) is 64.9 Å². The number of rotatable bonds is 0. The molecule has 0 bridgehead atoms. The van der Waals surface area contributed by atoms with Crippen molar-refractivity contribution in [2.75, 3.05) is 11.5 Å². The molecule has 0 unspecified atom stereocenters. The minimum absolute atomic E-state index is 0.409. The summed E-state index contributed by atoms with van der Waals surface area (Å²) in [5.41, 5.74) is 12.7. The first kappa shape index (κ1) is 7.15. The summed E-state index contributed by atoms with van der Waals surface area (Å²) in [6, 6.07) is 0. The summed E-state index contributed by atoms with van der Waals surface area (Å²) in [5, 5.41) is 0.409. The van der Waals surface area contributed by atoms with Crippen molar-refractivity contribution in [1.82, 2.24) is 4.98 Å². The molecule has 0 aromatic carbocycles. The second-order valence-electron chi connectivity index (χ2n) is 2.04. The Kier molecular flexibility index (Phi) is 1.68. The molecule has 0 atom stereocenters. The molecular weight excluding hydrogens is 150 g/mol. The van der Waals surface area contributed by atoms with Gasteiger partial charge in [0.25, 0.3) is 0 Å². The van der Waals surface area contributed by atoms with Crippen molar-refractivity contribution in [2.45, 2.75) is 6.92 Å². The maximum Gasteiger partial charge on any atom is 0.134 e. The molecule has 4 N–H and O–H groups in total. The predicted octanol–water partition coefficient (Wildman–Crippen LogP) is 1.21. The number of nitrogens with two attached hydrogens (primary N) is 2. The average Bonchev–Trinajstić information content (AvgIpc) is 1.93. The molecule has 1 aromatic rings. The molecule has 1 aromatic heterocycles. The summed E-state index contributed by atoms with van der Waals surface area (Å²) in [5.74, 6) is 0. The Morgan fingerprint density at radius 2 is 2.10 bits per heavy atom. The summed E-state index contributed by atoms with van der Waals surface area (Å²) in [4.78, 5) is 3.80. The number of hydrogen-bond donors (Lipinski definition) is 2. The van der Waals surface area contributed by atoms with Crippen LogP contribution in [-0.4, -0.2) is 4.98 Å². The third-order valence-electron chi connectivity index (χ3n) is 1.34. The molecule has 0 amide bonds. The van der Waals surface area contributed by atoms with Gasteiger partial charge in [-0.3, -0.25) is 0 Å². The lowest BCUT2D eigenvalue weighted by Gasteiger charge is -2.03.